The highest BCUT2D eigenvalue weighted by atomic mass is 32.2. The van der Waals surface area contributed by atoms with Gasteiger partial charge in [0.15, 0.2) is 5.16 Å². The lowest BCUT2D eigenvalue weighted by atomic mass is 10.2. The largest absolute Gasteiger partial charge is 0.497 e. The van der Waals surface area contributed by atoms with Crippen molar-refractivity contribution < 1.29 is 9.53 Å². The summed E-state index contributed by atoms with van der Waals surface area (Å²) in [5.74, 6) is 0.936. The van der Waals surface area contributed by atoms with Gasteiger partial charge in [-0.15, -0.1) is 0 Å². The number of benzene rings is 1. The minimum absolute atomic E-state index is 0.243. The number of thioether (sulfide) groups is 1. The lowest BCUT2D eigenvalue weighted by Crippen LogP contribution is -2.12. The third-order valence-corrected chi connectivity index (χ3v) is 3.48. The zero-order valence-corrected chi connectivity index (χ0v) is 11.7. The molecule has 3 rings (SSSR count). The Morgan fingerprint density at radius 1 is 1.25 bits per heavy atom. The molecule has 0 atom stereocenters. The van der Waals surface area contributed by atoms with E-state index in [-0.39, 0.29) is 5.91 Å². The number of carbonyl (C=O) groups is 1. The van der Waals surface area contributed by atoms with Crippen molar-refractivity contribution >= 4 is 34.9 Å². The molecule has 2 heterocycles. The van der Waals surface area contributed by atoms with Crippen LogP contribution >= 0.6 is 11.8 Å². The highest BCUT2D eigenvalue weighted by Gasteiger charge is 2.21. The lowest BCUT2D eigenvalue weighted by molar-refractivity contribution is 0.102. The molecule has 0 radical (unpaired) electrons. The van der Waals surface area contributed by atoms with Crippen LogP contribution in [0.25, 0.3) is 0 Å². The third kappa shape index (κ3) is 2.16. The first-order chi connectivity index (χ1) is 9.71. The first-order valence-electron chi connectivity index (χ1n) is 5.88. The molecule has 0 bridgehead atoms. The maximum Gasteiger partial charge on any atom is 0.261 e. The van der Waals surface area contributed by atoms with Crippen LogP contribution in [0, 0.1) is 0 Å². The Hall–Kier alpha value is -2.28. The van der Waals surface area contributed by atoms with Gasteiger partial charge in [-0.2, -0.15) is 0 Å². The number of fused-ring (bicyclic) bond motifs is 2. The molecule has 0 spiro atoms. The molecule has 1 aromatic heterocycles. The maximum atomic E-state index is 12.2. The topological polar surface area (TPSA) is 76.1 Å². The molecule has 102 valence electrons. The van der Waals surface area contributed by atoms with Crippen LogP contribution in [0.4, 0.5) is 17.2 Å². The summed E-state index contributed by atoms with van der Waals surface area (Å²) in [6.45, 7) is 0. The van der Waals surface area contributed by atoms with E-state index >= 15 is 0 Å². The smallest absolute Gasteiger partial charge is 0.261 e. The summed E-state index contributed by atoms with van der Waals surface area (Å²) < 4.78 is 5.16. The first kappa shape index (κ1) is 12.7. The number of ether oxygens (including phenoxy) is 1. The van der Waals surface area contributed by atoms with E-state index in [9.17, 15) is 4.79 Å². The van der Waals surface area contributed by atoms with Crippen molar-refractivity contribution in [3.63, 3.8) is 0 Å². The van der Waals surface area contributed by atoms with Gasteiger partial charge in [0.2, 0.25) is 0 Å². The summed E-state index contributed by atoms with van der Waals surface area (Å²) in [5, 5.41) is 6.59. The fraction of sp³-hybridized carbons (Fsp3) is 0.154. The van der Waals surface area contributed by atoms with Crippen LogP contribution in [-0.4, -0.2) is 29.2 Å². The SMILES string of the molecule is COc1ccc2c(c1)NC(=O)c1cnc(SC)nc1N2. The number of anilines is 3. The zero-order valence-electron chi connectivity index (χ0n) is 10.9. The zero-order chi connectivity index (χ0) is 14.1. The van der Waals surface area contributed by atoms with E-state index in [0.717, 1.165) is 5.69 Å². The van der Waals surface area contributed by atoms with Crippen molar-refractivity contribution in [1.29, 1.82) is 0 Å². The molecule has 0 saturated carbocycles. The van der Waals surface area contributed by atoms with Crippen molar-refractivity contribution in [2.75, 3.05) is 24.0 Å². The van der Waals surface area contributed by atoms with Crippen molar-refractivity contribution in [1.82, 2.24) is 9.97 Å². The number of carbonyl (C=O) groups excluding carboxylic acids is 1. The first-order valence-corrected chi connectivity index (χ1v) is 7.11. The molecule has 7 heteroatoms. The van der Waals surface area contributed by atoms with Gasteiger partial charge in [-0.05, 0) is 18.4 Å². The summed E-state index contributed by atoms with van der Waals surface area (Å²) in [7, 11) is 1.58. The van der Waals surface area contributed by atoms with Gasteiger partial charge in [-0.3, -0.25) is 4.79 Å². The van der Waals surface area contributed by atoms with Crippen LogP contribution in [-0.2, 0) is 0 Å². The molecule has 2 N–H and O–H groups in total. The quantitative estimate of drug-likeness (QED) is 0.653. The minimum Gasteiger partial charge on any atom is -0.497 e. The predicted molar refractivity (Wildman–Crippen MR) is 78.0 cm³/mol. The second kappa shape index (κ2) is 5.01. The molecule has 0 aliphatic carbocycles. The van der Waals surface area contributed by atoms with Gasteiger partial charge in [-0.25, -0.2) is 9.97 Å². The molecular formula is C13H12N4O2S. The Balaban J connectivity index is 2.09. The number of methoxy groups -OCH3 is 1. The lowest BCUT2D eigenvalue weighted by Gasteiger charge is -2.09. The third-order valence-electron chi connectivity index (χ3n) is 2.92. The average molecular weight is 288 g/mol. The predicted octanol–water partition coefficient (Wildman–Crippen LogP) is 2.52. The Morgan fingerprint density at radius 3 is 2.85 bits per heavy atom. The number of nitrogens with zero attached hydrogens (tertiary/aromatic N) is 2. The monoisotopic (exact) mass is 288 g/mol. The summed E-state index contributed by atoms with van der Waals surface area (Å²) in [5.41, 5.74) is 1.83. The molecule has 1 aliphatic rings. The summed E-state index contributed by atoms with van der Waals surface area (Å²) in [4.78, 5) is 20.6. The molecule has 20 heavy (non-hydrogen) atoms. The van der Waals surface area contributed by atoms with E-state index in [4.69, 9.17) is 4.74 Å². The standard InChI is InChI=1S/C13H12N4O2S/c1-19-7-3-4-9-10(5-7)16-12(18)8-6-14-13(20-2)17-11(8)15-9/h3-6H,1-2H3,(H,16,18)(H,14,15,17). The van der Waals surface area contributed by atoms with Gasteiger partial charge in [0.1, 0.15) is 17.1 Å². The molecule has 1 amide bonds. The average Bonchev–Trinajstić information content (AvgIpc) is 2.61. The Morgan fingerprint density at radius 2 is 2.10 bits per heavy atom. The number of hydrogen-bond acceptors (Lipinski definition) is 6. The van der Waals surface area contributed by atoms with Crippen molar-refractivity contribution in [3.8, 4) is 5.75 Å². The van der Waals surface area contributed by atoms with E-state index in [1.807, 2.05) is 18.4 Å². The Kier molecular flexibility index (Phi) is 3.19. The molecule has 0 unspecified atom stereocenters. The van der Waals surface area contributed by atoms with Crippen LogP contribution in [0.5, 0.6) is 5.75 Å². The van der Waals surface area contributed by atoms with Crippen molar-refractivity contribution in [3.05, 3.63) is 30.0 Å². The maximum absolute atomic E-state index is 12.2. The van der Waals surface area contributed by atoms with Crippen LogP contribution in [0.2, 0.25) is 0 Å². The minimum atomic E-state index is -0.243. The second-order valence-corrected chi connectivity index (χ2v) is 4.88. The highest BCUT2D eigenvalue weighted by Crippen LogP contribution is 2.33. The summed E-state index contributed by atoms with van der Waals surface area (Å²) in [6.07, 6.45) is 3.41. The molecule has 6 nitrogen and oxygen atoms in total. The molecule has 1 aliphatic heterocycles. The number of hydrogen-bond donors (Lipinski definition) is 2. The molecule has 2 aromatic rings. The van der Waals surface area contributed by atoms with Gasteiger partial charge >= 0.3 is 0 Å². The van der Waals surface area contributed by atoms with Crippen LogP contribution < -0.4 is 15.4 Å². The fourth-order valence-electron chi connectivity index (χ4n) is 1.91. The van der Waals surface area contributed by atoms with Crippen molar-refractivity contribution in [2.45, 2.75) is 5.16 Å². The molecular weight excluding hydrogens is 276 g/mol. The number of aromatic nitrogens is 2. The number of nitrogens with one attached hydrogen (secondary N) is 2. The number of amides is 1. The van der Waals surface area contributed by atoms with Crippen LogP contribution in [0.15, 0.2) is 29.6 Å². The second-order valence-electron chi connectivity index (χ2n) is 4.11. The van der Waals surface area contributed by atoms with Crippen LogP contribution in [0.3, 0.4) is 0 Å². The van der Waals surface area contributed by atoms with Gasteiger partial charge in [0.25, 0.3) is 5.91 Å². The highest BCUT2D eigenvalue weighted by molar-refractivity contribution is 7.98. The molecule has 1 aromatic carbocycles. The van der Waals surface area contributed by atoms with E-state index in [0.29, 0.717) is 28.0 Å². The number of rotatable bonds is 2. The summed E-state index contributed by atoms with van der Waals surface area (Å²) >= 11 is 1.42. The van der Waals surface area contributed by atoms with E-state index in [1.54, 1.807) is 13.2 Å². The Labute approximate surface area is 120 Å². The van der Waals surface area contributed by atoms with Crippen LogP contribution in [0.1, 0.15) is 10.4 Å². The fourth-order valence-corrected chi connectivity index (χ4v) is 2.25. The molecule has 0 fully saturated rings. The van der Waals surface area contributed by atoms with E-state index < -0.39 is 0 Å². The van der Waals surface area contributed by atoms with Gasteiger partial charge in [-0.1, -0.05) is 11.8 Å². The molecule has 0 saturated heterocycles. The van der Waals surface area contributed by atoms with E-state index in [1.165, 1.54) is 18.0 Å². The van der Waals surface area contributed by atoms with Crippen molar-refractivity contribution in [2.24, 2.45) is 0 Å². The summed E-state index contributed by atoms with van der Waals surface area (Å²) in [6, 6.07) is 5.42. The van der Waals surface area contributed by atoms with E-state index in [2.05, 4.69) is 20.6 Å². The van der Waals surface area contributed by atoms with Gasteiger partial charge < -0.3 is 15.4 Å². The van der Waals surface area contributed by atoms with Gasteiger partial charge in [0.05, 0.1) is 18.5 Å². The Bertz CT molecular complexity index is 690. The normalized spacial score (nSPS) is 12.6. The van der Waals surface area contributed by atoms with Gasteiger partial charge in [0, 0.05) is 12.3 Å².